The summed E-state index contributed by atoms with van der Waals surface area (Å²) < 4.78 is 24.6. The number of thiazole rings is 1. The summed E-state index contributed by atoms with van der Waals surface area (Å²) in [4.78, 5) is 18.1. The second kappa shape index (κ2) is 8.04. The number of anilines is 1. The minimum Gasteiger partial charge on any atom is -0.317 e. The first-order valence-electron chi connectivity index (χ1n) is 7.64. The molecule has 1 aromatic heterocycles. The van der Waals surface area contributed by atoms with Gasteiger partial charge in [0.1, 0.15) is 0 Å². The lowest BCUT2D eigenvalue weighted by atomic mass is 9.97. The summed E-state index contributed by atoms with van der Waals surface area (Å²) in [6.07, 6.45) is 4.00. The fraction of sp³-hybridized carbons (Fsp3) is 0.375. The van der Waals surface area contributed by atoms with Crippen molar-refractivity contribution in [2.75, 3.05) is 18.4 Å². The van der Waals surface area contributed by atoms with Crippen LogP contribution in [0.2, 0.25) is 0 Å². The summed E-state index contributed by atoms with van der Waals surface area (Å²) in [6, 6.07) is 6.13. The van der Waals surface area contributed by atoms with Crippen LogP contribution in [0.3, 0.4) is 0 Å². The van der Waals surface area contributed by atoms with Crippen LogP contribution >= 0.6 is 23.1 Å². The highest BCUT2D eigenvalue weighted by atomic mass is 32.2. The van der Waals surface area contributed by atoms with Crippen molar-refractivity contribution in [1.82, 2.24) is 10.3 Å². The lowest BCUT2D eigenvalue weighted by Crippen LogP contribution is -2.26. The monoisotopic (exact) mass is 369 g/mol. The van der Waals surface area contributed by atoms with E-state index in [9.17, 15) is 13.6 Å². The Balaban J connectivity index is 1.61. The molecule has 24 heavy (non-hydrogen) atoms. The normalized spacial score (nSPS) is 15.6. The number of alkyl halides is 2. The maximum atomic E-state index is 12.3. The van der Waals surface area contributed by atoms with E-state index in [-0.39, 0.29) is 5.91 Å². The lowest BCUT2D eigenvalue weighted by molar-refractivity contribution is 0.102. The molecule has 2 heterocycles. The number of halogens is 2. The molecule has 0 bridgehead atoms. The number of thioether (sulfide) groups is 1. The summed E-state index contributed by atoms with van der Waals surface area (Å²) in [5, 5.41) is 6.67. The molecule has 0 spiro atoms. The quantitative estimate of drug-likeness (QED) is 0.777. The van der Waals surface area contributed by atoms with Crippen LogP contribution in [0.25, 0.3) is 0 Å². The summed E-state index contributed by atoms with van der Waals surface area (Å²) in [5.74, 6) is -2.25. The molecule has 8 heteroatoms. The zero-order valence-corrected chi connectivity index (χ0v) is 14.4. The van der Waals surface area contributed by atoms with Crippen LogP contribution in [-0.2, 0) is 0 Å². The Labute approximate surface area is 147 Å². The Kier molecular flexibility index (Phi) is 5.80. The Morgan fingerprint density at radius 1 is 1.29 bits per heavy atom. The second-order valence-corrected chi connectivity index (χ2v) is 7.57. The molecule has 1 aromatic carbocycles. The highest BCUT2D eigenvalue weighted by Gasteiger charge is 2.18. The lowest BCUT2D eigenvalue weighted by Gasteiger charge is -2.20. The Morgan fingerprint density at radius 3 is 2.67 bits per heavy atom. The molecule has 1 aliphatic heterocycles. The third-order valence-corrected chi connectivity index (χ3v) is 5.63. The minimum atomic E-state index is -2.46. The molecule has 0 unspecified atom stereocenters. The standard InChI is InChI=1S/C16H17F2N3OS2/c17-15(18)23-12-3-1-11(2-4-12)14(22)21-16-20-9-13(24-16)10-5-7-19-8-6-10/h1-4,9-10,15,19H,5-8H2,(H,20,21,22). The molecule has 128 valence electrons. The topological polar surface area (TPSA) is 54.0 Å². The van der Waals surface area contributed by atoms with Crippen LogP contribution in [0.4, 0.5) is 13.9 Å². The van der Waals surface area contributed by atoms with Gasteiger partial charge in [-0.15, -0.1) is 11.3 Å². The minimum absolute atomic E-state index is 0.283. The number of aromatic nitrogens is 1. The third kappa shape index (κ3) is 4.52. The Bertz CT molecular complexity index is 685. The Hall–Kier alpha value is -1.51. The molecule has 1 saturated heterocycles. The van der Waals surface area contributed by atoms with Gasteiger partial charge in [0.25, 0.3) is 11.7 Å². The second-order valence-electron chi connectivity index (χ2n) is 5.45. The average molecular weight is 369 g/mol. The summed E-state index contributed by atoms with van der Waals surface area (Å²) >= 11 is 1.96. The molecule has 2 N–H and O–H groups in total. The number of amides is 1. The molecule has 0 radical (unpaired) electrons. The van der Waals surface area contributed by atoms with Gasteiger partial charge in [-0.1, -0.05) is 11.8 Å². The van der Waals surface area contributed by atoms with Gasteiger partial charge in [0.2, 0.25) is 0 Å². The predicted molar refractivity (Wildman–Crippen MR) is 93.2 cm³/mol. The van der Waals surface area contributed by atoms with Gasteiger partial charge in [0.15, 0.2) is 5.13 Å². The SMILES string of the molecule is O=C(Nc1ncc(C2CCNCC2)s1)c1ccc(SC(F)F)cc1. The third-order valence-electron chi connectivity index (χ3n) is 3.83. The first kappa shape index (κ1) is 17.3. The number of carbonyl (C=O) groups excluding carboxylic acids is 1. The zero-order chi connectivity index (χ0) is 16.9. The maximum absolute atomic E-state index is 12.3. The summed E-state index contributed by atoms with van der Waals surface area (Å²) in [5.41, 5.74) is 0.423. The number of rotatable bonds is 5. The van der Waals surface area contributed by atoms with Gasteiger partial charge >= 0.3 is 0 Å². The van der Waals surface area contributed by atoms with Crippen molar-refractivity contribution in [3.8, 4) is 0 Å². The first-order chi connectivity index (χ1) is 11.6. The van der Waals surface area contributed by atoms with Crippen LogP contribution in [0, 0.1) is 0 Å². The number of hydrogen-bond donors (Lipinski definition) is 2. The molecule has 0 atom stereocenters. The molecule has 1 fully saturated rings. The van der Waals surface area contributed by atoms with Crippen molar-refractivity contribution in [1.29, 1.82) is 0 Å². The summed E-state index contributed by atoms with van der Waals surface area (Å²) in [6.45, 7) is 2.01. The van der Waals surface area contributed by atoms with E-state index in [0.717, 1.165) is 25.9 Å². The summed E-state index contributed by atoms with van der Waals surface area (Å²) in [7, 11) is 0. The van der Waals surface area contributed by atoms with Gasteiger partial charge in [0, 0.05) is 21.5 Å². The smallest absolute Gasteiger partial charge is 0.288 e. The van der Waals surface area contributed by atoms with Crippen molar-refractivity contribution >= 4 is 34.1 Å². The number of piperidine rings is 1. The van der Waals surface area contributed by atoms with E-state index in [1.165, 1.54) is 28.3 Å². The van der Waals surface area contributed by atoms with E-state index >= 15 is 0 Å². The fourth-order valence-electron chi connectivity index (χ4n) is 2.60. The van der Waals surface area contributed by atoms with Gasteiger partial charge in [-0.3, -0.25) is 10.1 Å². The first-order valence-corrected chi connectivity index (χ1v) is 9.34. The van der Waals surface area contributed by atoms with Crippen molar-refractivity contribution in [2.24, 2.45) is 0 Å². The van der Waals surface area contributed by atoms with E-state index in [0.29, 0.717) is 33.3 Å². The fourth-order valence-corrected chi connectivity index (χ4v) is 4.08. The molecular weight excluding hydrogens is 352 g/mol. The molecule has 4 nitrogen and oxygen atoms in total. The van der Waals surface area contributed by atoms with Crippen molar-refractivity contribution < 1.29 is 13.6 Å². The van der Waals surface area contributed by atoms with Gasteiger partial charge in [-0.25, -0.2) is 4.98 Å². The molecule has 0 aliphatic carbocycles. The van der Waals surface area contributed by atoms with Crippen LogP contribution in [0.5, 0.6) is 0 Å². The van der Waals surface area contributed by atoms with E-state index < -0.39 is 5.76 Å². The van der Waals surface area contributed by atoms with Crippen LogP contribution in [-0.4, -0.2) is 29.7 Å². The van der Waals surface area contributed by atoms with Gasteiger partial charge < -0.3 is 5.32 Å². The van der Waals surface area contributed by atoms with E-state index in [1.54, 1.807) is 12.1 Å². The average Bonchev–Trinajstić information content (AvgIpc) is 3.04. The number of benzene rings is 1. The van der Waals surface area contributed by atoms with Gasteiger partial charge in [0.05, 0.1) is 0 Å². The van der Waals surface area contributed by atoms with E-state index in [2.05, 4.69) is 15.6 Å². The zero-order valence-electron chi connectivity index (χ0n) is 12.8. The maximum Gasteiger partial charge on any atom is 0.288 e. The highest BCUT2D eigenvalue weighted by Crippen LogP contribution is 2.32. The van der Waals surface area contributed by atoms with Gasteiger partial charge in [-0.2, -0.15) is 8.78 Å². The van der Waals surface area contributed by atoms with Crippen molar-refractivity contribution in [3.63, 3.8) is 0 Å². The number of carbonyl (C=O) groups is 1. The number of nitrogens with zero attached hydrogens (tertiary/aromatic N) is 1. The Morgan fingerprint density at radius 2 is 2.00 bits per heavy atom. The molecule has 2 aromatic rings. The molecule has 3 rings (SSSR count). The predicted octanol–water partition coefficient (Wildman–Crippen LogP) is 4.18. The van der Waals surface area contributed by atoms with E-state index in [1.807, 2.05) is 6.20 Å². The molecular formula is C16H17F2N3OS2. The molecule has 0 saturated carbocycles. The van der Waals surface area contributed by atoms with Crippen molar-refractivity contribution in [3.05, 3.63) is 40.9 Å². The largest absolute Gasteiger partial charge is 0.317 e. The number of hydrogen-bond acceptors (Lipinski definition) is 5. The number of nitrogens with one attached hydrogen (secondary N) is 2. The van der Waals surface area contributed by atoms with Crippen molar-refractivity contribution in [2.45, 2.75) is 29.4 Å². The van der Waals surface area contributed by atoms with Crippen LogP contribution in [0.1, 0.15) is 34.0 Å². The molecule has 1 amide bonds. The van der Waals surface area contributed by atoms with E-state index in [4.69, 9.17) is 0 Å². The van der Waals surface area contributed by atoms with Gasteiger partial charge in [-0.05, 0) is 56.1 Å². The van der Waals surface area contributed by atoms with Crippen LogP contribution in [0.15, 0.2) is 35.4 Å². The highest BCUT2D eigenvalue weighted by molar-refractivity contribution is 7.99. The molecule has 1 aliphatic rings. The van der Waals surface area contributed by atoms with Crippen LogP contribution < -0.4 is 10.6 Å².